The van der Waals surface area contributed by atoms with Crippen molar-refractivity contribution in [1.29, 1.82) is 0 Å². The summed E-state index contributed by atoms with van der Waals surface area (Å²) in [5, 5.41) is 3.17. The second kappa shape index (κ2) is 6.64. The normalized spacial score (nSPS) is 19.4. The van der Waals surface area contributed by atoms with Crippen LogP contribution in [-0.4, -0.2) is 42.0 Å². The molecular weight excluding hydrogens is 312 g/mol. The van der Waals surface area contributed by atoms with Gasteiger partial charge in [-0.1, -0.05) is 6.07 Å². The predicted molar refractivity (Wildman–Crippen MR) is 90.1 cm³/mol. The Labute approximate surface area is 136 Å². The highest BCUT2D eigenvalue weighted by Crippen LogP contribution is 2.29. The first-order chi connectivity index (χ1) is 11.0. The average molecular weight is 332 g/mol. The second-order valence-corrected chi connectivity index (χ2v) is 7.76. The van der Waals surface area contributed by atoms with E-state index < -0.39 is 10.0 Å². The molecule has 0 bridgehead atoms. The largest absolute Gasteiger partial charge is 0.325 e. The average Bonchev–Trinajstić information content (AvgIpc) is 2.55. The van der Waals surface area contributed by atoms with Crippen molar-refractivity contribution in [3.63, 3.8) is 0 Å². The van der Waals surface area contributed by atoms with Crippen molar-refractivity contribution < 1.29 is 8.42 Å². The van der Waals surface area contributed by atoms with E-state index in [0.717, 1.165) is 30.0 Å². The lowest BCUT2D eigenvalue weighted by atomic mass is 9.92. The second-order valence-electron chi connectivity index (χ2n) is 5.77. The third kappa shape index (κ3) is 4.05. The molecule has 0 aliphatic carbocycles. The standard InChI is InChI=1S/C16H20N4O2S/c1-23(21,22)20-10-4-5-14(12-20)13-7-9-18-16(11-13)19-15-6-2-3-8-17-15/h2-3,6-9,11,14H,4-5,10,12H2,1H3,(H,17,18,19). The lowest BCUT2D eigenvalue weighted by Crippen LogP contribution is -2.38. The molecule has 1 aliphatic rings. The molecule has 3 heterocycles. The molecule has 1 N–H and O–H groups in total. The van der Waals surface area contributed by atoms with E-state index in [-0.39, 0.29) is 5.92 Å². The van der Waals surface area contributed by atoms with Crippen molar-refractivity contribution >= 4 is 21.7 Å². The molecule has 0 saturated carbocycles. The van der Waals surface area contributed by atoms with Crippen LogP contribution in [0, 0.1) is 0 Å². The van der Waals surface area contributed by atoms with Crippen LogP contribution in [0.5, 0.6) is 0 Å². The summed E-state index contributed by atoms with van der Waals surface area (Å²) in [7, 11) is -3.13. The van der Waals surface area contributed by atoms with Gasteiger partial charge in [-0.25, -0.2) is 22.7 Å². The molecular formula is C16H20N4O2S. The SMILES string of the molecule is CS(=O)(=O)N1CCCC(c2ccnc(Nc3ccccn3)c2)C1. The highest BCUT2D eigenvalue weighted by atomic mass is 32.2. The van der Waals surface area contributed by atoms with Crippen molar-refractivity contribution in [2.45, 2.75) is 18.8 Å². The maximum Gasteiger partial charge on any atom is 0.211 e. The van der Waals surface area contributed by atoms with Crippen molar-refractivity contribution in [3.05, 3.63) is 48.3 Å². The molecule has 1 aliphatic heterocycles. The number of nitrogens with one attached hydrogen (secondary N) is 1. The molecule has 0 aromatic carbocycles. The molecule has 2 aromatic rings. The topological polar surface area (TPSA) is 75.2 Å². The molecule has 0 radical (unpaired) electrons. The Kier molecular flexibility index (Phi) is 4.58. The third-order valence-corrected chi connectivity index (χ3v) is 5.30. The first-order valence-corrected chi connectivity index (χ1v) is 9.46. The smallest absolute Gasteiger partial charge is 0.211 e. The minimum Gasteiger partial charge on any atom is -0.325 e. The fourth-order valence-electron chi connectivity index (χ4n) is 2.85. The van der Waals surface area contributed by atoms with E-state index in [0.29, 0.717) is 13.1 Å². The number of hydrogen-bond acceptors (Lipinski definition) is 5. The Morgan fingerprint density at radius 3 is 2.74 bits per heavy atom. The predicted octanol–water partition coefficient (Wildman–Crippen LogP) is 2.36. The minimum atomic E-state index is -3.13. The zero-order valence-corrected chi connectivity index (χ0v) is 13.8. The zero-order chi connectivity index (χ0) is 16.3. The lowest BCUT2D eigenvalue weighted by molar-refractivity contribution is 0.317. The summed E-state index contributed by atoms with van der Waals surface area (Å²) in [4.78, 5) is 8.54. The lowest BCUT2D eigenvalue weighted by Gasteiger charge is -2.31. The molecule has 7 heteroatoms. The number of pyridine rings is 2. The van der Waals surface area contributed by atoms with Crippen LogP contribution in [0.2, 0.25) is 0 Å². The van der Waals surface area contributed by atoms with E-state index in [1.807, 2.05) is 30.3 Å². The minimum absolute atomic E-state index is 0.200. The van der Waals surface area contributed by atoms with E-state index in [9.17, 15) is 8.42 Å². The molecule has 122 valence electrons. The summed E-state index contributed by atoms with van der Waals surface area (Å²) >= 11 is 0. The van der Waals surface area contributed by atoms with Gasteiger partial charge in [-0.3, -0.25) is 0 Å². The van der Waals surface area contributed by atoms with Crippen LogP contribution in [-0.2, 0) is 10.0 Å². The Bertz CT molecular complexity index is 765. The van der Waals surface area contributed by atoms with Gasteiger partial charge in [0.25, 0.3) is 0 Å². The van der Waals surface area contributed by atoms with E-state index in [4.69, 9.17) is 0 Å². The fourth-order valence-corrected chi connectivity index (χ4v) is 3.76. The van der Waals surface area contributed by atoms with Crippen molar-refractivity contribution in [3.8, 4) is 0 Å². The van der Waals surface area contributed by atoms with Gasteiger partial charge in [-0.2, -0.15) is 0 Å². The number of piperidine rings is 1. The highest BCUT2D eigenvalue weighted by molar-refractivity contribution is 7.88. The van der Waals surface area contributed by atoms with Gasteiger partial charge in [0.1, 0.15) is 11.6 Å². The number of hydrogen-bond donors (Lipinski definition) is 1. The van der Waals surface area contributed by atoms with Gasteiger partial charge >= 0.3 is 0 Å². The van der Waals surface area contributed by atoms with Gasteiger partial charge in [-0.15, -0.1) is 0 Å². The van der Waals surface area contributed by atoms with E-state index in [2.05, 4.69) is 15.3 Å². The summed E-state index contributed by atoms with van der Waals surface area (Å²) in [5.74, 6) is 1.65. The van der Waals surface area contributed by atoms with E-state index >= 15 is 0 Å². The van der Waals surface area contributed by atoms with Crippen LogP contribution in [0.15, 0.2) is 42.7 Å². The summed E-state index contributed by atoms with van der Waals surface area (Å²) in [6.07, 6.45) is 6.61. The Morgan fingerprint density at radius 2 is 2.00 bits per heavy atom. The van der Waals surface area contributed by atoms with Crippen LogP contribution in [0.25, 0.3) is 0 Å². The summed E-state index contributed by atoms with van der Waals surface area (Å²) in [6.45, 7) is 1.14. The van der Waals surface area contributed by atoms with Crippen LogP contribution in [0.3, 0.4) is 0 Å². The van der Waals surface area contributed by atoms with Gasteiger partial charge in [0.2, 0.25) is 10.0 Å². The van der Waals surface area contributed by atoms with Crippen molar-refractivity contribution in [2.75, 3.05) is 24.7 Å². The molecule has 3 rings (SSSR count). The van der Waals surface area contributed by atoms with Crippen LogP contribution >= 0.6 is 0 Å². The van der Waals surface area contributed by atoms with Crippen LogP contribution in [0.4, 0.5) is 11.6 Å². The summed E-state index contributed by atoms with van der Waals surface area (Å²) in [6, 6.07) is 9.58. The number of nitrogens with zero attached hydrogens (tertiary/aromatic N) is 3. The molecule has 2 aromatic heterocycles. The molecule has 23 heavy (non-hydrogen) atoms. The Balaban J connectivity index is 1.77. The molecule has 1 atom stereocenters. The molecule has 0 amide bonds. The number of aromatic nitrogens is 2. The van der Waals surface area contributed by atoms with Gasteiger partial charge in [0.05, 0.1) is 6.26 Å². The molecule has 6 nitrogen and oxygen atoms in total. The Hall–Kier alpha value is -1.99. The Morgan fingerprint density at radius 1 is 1.17 bits per heavy atom. The third-order valence-electron chi connectivity index (χ3n) is 4.03. The number of sulfonamides is 1. The maximum absolute atomic E-state index is 11.8. The van der Waals surface area contributed by atoms with Crippen LogP contribution < -0.4 is 5.32 Å². The monoisotopic (exact) mass is 332 g/mol. The fraction of sp³-hybridized carbons (Fsp3) is 0.375. The van der Waals surface area contributed by atoms with Crippen molar-refractivity contribution in [2.24, 2.45) is 0 Å². The molecule has 1 fully saturated rings. The van der Waals surface area contributed by atoms with Gasteiger partial charge < -0.3 is 5.32 Å². The zero-order valence-electron chi connectivity index (χ0n) is 13.0. The highest BCUT2D eigenvalue weighted by Gasteiger charge is 2.26. The number of rotatable bonds is 4. The van der Waals surface area contributed by atoms with Crippen LogP contribution in [0.1, 0.15) is 24.3 Å². The van der Waals surface area contributed by atoms with Gasteiger partial charge in [0.15, 0.2) is 0 Å². The maximum atomic E-state index is 11.8. The molecule has 1 saturated heterocycles. The van der Waals surface area contributed by atoms with E-state index in [1.165, 1.54) is 6.26 Å². The summed E-state index contributed by atoms with van der Waals surface area (Å²) < 4.78 is 25.1. The quantitative estimate of drug-likeness (QED) is 0.930. The molecule has 1 unspecified atom stereocenters. The van der Waals surface area contributed by atoms with Gasteiger partial charge in [0, 0.05) is 25.5 Å². The first kappa shape index (κ1) is 15.9. The van der Waals surface area contributed by atoms with Crippen molar-refractivity contribution in [1.82, 2.24) is 14.3 Å². The van der Waals surface area contributed by atoms with E-state index in [1.54, 1.807) is 16.7 Å². The summed E-state index contributed by atoms with van der Waals surface area (Å²) in [5.41, 5.74) is 1.10. The number of anilines is 2. The first-order valence-electron chi connectivity index (χ1n) is 7.61. The molecule has 0 spiro atoms. The van der Waals surface area contributed by atoms with Gasteiger partial charge in [-0.05, 0) is 48.6 Å².